The Labute approximate surface area is 128 Å². The van der Waals surface area contributed by atoms with Crippen LogP contribution >= 0.6 is 23.1 Å². The maximum absolute atomic E-state index is 5.15. The number of thiazole rings is 1. The molecule has 0 unspecified atom stereocenters. The van der Waals surface area contributed by atoms with Crippen molar-refractivity contribution >= 4 is 33.3 Å². The summed E-state index contributed by atoms with van der Waals surface area (Å²) in [5.41, 5.74) is 1.08. The molecule has 2 rings (SSSR count). The predicted molar refractivity (Wildman–Crippen MR) is 85.7 cm³/mol. The number of para-hydroxylation sites is 1. The highest BCUT2D eigenvalue weighted by Crippen LogP contribution is 2.29. The van der Waals surface area contributed by atoms with Gasteiger partial charge in [0.2, 0.25) is 0 Å². The highest BCUT2D eigenvalue weighted by Gasteiger charge is 2.08. The zero-order chi connectivity index (χ0) is 14.2. The molecular formula is C14H20N2O2S2. The summed E-state index contributed by atoms with van der Waals surface area (Å²) in [5, 5.41) is 0. The van der Waals surface area contributed by atoms with Crippen LogP contribution in [0.25, 0.3) is 10.2 Å². The molecular weight excluding hydrogens is 292 g/mol. The van der Waals surface area contributed by atoms with Crippen molar-refractivity contribution in [3.05, 3.63) is 24.3 Å². The average Bonchev–Trinajstić information content (AvgIpc) is 2.89. The van der Waals surface area contributed by atoms with Crippen molar-refractivity contribution in [1.29, 1.82) is 0 Å². The zero-order valence-corrected chi connectivity index (χ0v) is 13.5. The fourth-order valence-electron chi connectivity index (χ4n) is 1.74. The first-order valence-corrected chi connectivity index (χ1v) is 8.32. The fourth-order valence-corrected chi connectivity index (χ4v) is 3.82. The number of fused-ring (bicyclic) bond motifs is 1. The Morgan fingerprint density at radius 3 is 2.50 bits per heavy atom. The third-order valence-corrected chi connectivity index (χ3v) is 5.14. The number of hydrogen-bond donors (Lipinski definition) is 0. The van der Waals surface area contributed by atoms with Gasteiger partial charge in [0.25, 0.3) is 0 Å². The summed E-state index contributed by atoms with van der Waals surface area (Å²) in [4.78, 5) is 6.96. The molecule has 0 saturated heterocycles. The van der Waals surface area contributed by atoms with Gasteiger partial charge in [0.05, 0.1) is 29.3 Å². The largest absolute Gasteiger partial charge is 0.383 e. The lowest BCUT2D eigenvalue weighted by Gasteiger charge is -2.20. The van der Waals surface area contributed by atoms with Gasteiger partial charge < -0.3 is 9.47 Å². The smallest absolute Gasteiger partial charge is 0.152 e. The van der Waals surface area contributed by atoms with Crippen LogP contribution < -0.4 is 0 Å². The lowest BCUT2D eigenvalue weighted by Crippen LogP contribution is -2.30. The van der Waals surface area contributed by atoms with E-state index < -0.39 is 0 Å². The number of aromatic nitrogens is 1. The van der Waals surface area contributed by atoms with Gasteiger partial charge in [-0.15, -0.1) is 11.3 Å². The molecule has 20 heavy (non-hydrogen) atoms. The van der Waals surface area contributed by atoms with E-state index in [1.54, 1.807) is 37.3 Å². The minimum Gasteiger partial charge on any atom is -0.383 e. The van der Waals surface area contributed by atoms with Crippen LogP contribution in [0.4, 0.5) is 0 Å². The molecule has 0 N–H and O–H groups in total. The van der Waals surface area contributed by atoms with Gasteiger partial charge >= 0.3 is 0 Å². The van der Waals surface area contributed by atoms with Gasteiger partial charge in [-0.25, -0.2) is 4.98 Å². The predicted octanol–water partition coefficient (Wildman–Crippen LogP) is 2.94. The van der Waals surface area contributed by atoms with E-state index in [1.807, 2.05) is 6.07 Å². The van der Waals surface area contributed by atoms with Crippen molar-refractivity contribution in [2.75, 3.05) is 46.4 Å². The molecule has 1 aromatic carbocycles. The van der Waals surface area contributed by atoms with Crippen molar-refractivity contribution in [2.45, 2.75) is 4.34 Å². The van der Waals surface area contributed by atoms with E-state index in [4.69, 9.17) is 9.47 Å². The van der Waals surface area contributed by atoms with E-state index in [1.165, 1.54) is 4.70 Å². The molecule has 0 spiro atoms. The van der Waals surface area contributed by atoms with Crippen LogP contribution in [0.2, 0.25) is 0 Å². The van der Waals surface area contributed by atoms with Crippen molar-refractivity contribution in [2.24, 2.45) is 0 Å². The monoisotopic (exact) mass is 312 g/mol. The summed E-state index contributed by atoms with van der Waals surface area (Å²) in [6, 6.07) is 8.26. The van der Waals surface area contributed by atoms with Crippen LogP contribution in [0.3, 0.4) is 0 Å². The van der Waals surface area contributed by atoms with E-state index >= 15 is 0 Å². The molecule has 4 nitrogen and oxygen atoms in total. The van der Waals surface area contributed by atoms with E-state index in [2.05, 4.69) is 28.1 Å². The normalized spacial score (nSPS) is 11.6. The van der Waals surface area contributed by atoms with E-state index in [0.29, 0.717) is 0 Å². The van der Waals surface area contributed by atoms with Gasteiger partial charge in [0.1, 0.15) is 0 Å². The van der Waals surface area contributed by atoms with E-state index in [9.17, 15) is 0 Å². The topological polar surface area (TPSA) is 34.6 Å². The molecule has 0 aliphatic rings. The van der Waals surface area contributed by atoms with Gasteiger partial charge in [-0.1, -0.05) is 23.9 Å². The Bertz CT molecular complexity index is 478. The minimum atomic E-state index is 0.740. The number of ether oxygens (including phenoxy) is 2. The first-order chi connectivity index (χ1) is 9.83. The van der Waals surface area contributed by atoms with Crippen LogP contribution in [0.5, 0.6) is 0 Å². The van der Waals surface area contributed by atoms with Gasteiger partial charge in [-0.3, -0.25) is 4.90 Å². The summed E-state index contributed by atoms with van der Waals surface area (Å²) in [6.07, 6.45) is 0. The Morgan fingerprint density at radius 2 is 1.85 bits per heavy atom. The SMILES string of the molecule is COCCN(CCOC)CSc1nc2ccccc2s1. The number of nitrogens with zero attached hydrogens (tertiary/aromatic N) is 2. The zero-order valence-electron chi connectivity index (χ0n) is 11.9. The molecule has 0 amide bonds. The minimum absolute atomic E-state index is 0.740. The van der Waals surface area contributed by atoms with Gasteiger partial charge in [-0.2, -0.15) is 0 Å². The fraction of sp³-hybridized carbons (Fsp3) is 0.500. The highest BCUT2D eigenvalue weighted by molar-refractivity contribution is 8.01. The first-order valence-electron chi connectivity index (χ1n) is 6.52. The van der Waals surface area contributed by atoms with Gasteiger partial charge in [-0.05, 0) is 12.1 Å². The molecule has 110 valence electrons. The third-order valence-electron chi connectivity index (χ3n) is 2.87. The lowest BCUT2D eigenvalue weighted by atomic mass is 10.3. The van der Waals surface area contributed by atoms with Crippen molar-refractivity contribution in [1.82, 2.24) is 9.88 Å². The molecule has 2 aromatic rings. The first kappa shape index (κ1) is 15.7. The van der Waals surface area contributed by atoms with Gasteiger partial charge in [0, 0.05) is 27.3 Å². The second-order valence-corrected chi connectivity index (χ2v) is 6.55. The number of hydrogen-bond acceptors (Lipinski definition) is 6. The Kier molecular flexibility index (Phi) is 6.75. The summed E-state index contributed by atoms with van der Waals surface area (Å²) >= 11 is 3.53. The molecule has 1 heterocycles. The molecule has 0 aliphatic heterocycles. The van der Waals surface area contributed by atoms with Crippen LogP contribution in [0.15, 0.2) is 28.6 Å². The summed E-state index contributed by atoms with van der Waals surface area (Å²) < 4.78 is 12.7. The van der Waals surface area contributed by atoms with Crippen molar-refractivity contribution in [3.63, 3.8) is 0 Å². The second kappa shape index (κ2) is 8.59. The van der Waals surface area contributed by atoms with Crippen LogP contribution in [0.1, 0.15) is 0 Å². The molecule has 0 radical (unpaired) electrons. The van der Waals surface area contributed by atoms with E-state index in [-0.39, 0.29) is 0 Å². The maximum atomic E-state index is 5.15. The van der Waals surface area contributed by atoms with Crippen molar-refractivity contribution in [3.8, 4) is 0 Å². The van der Waals surface area contributed by atoms with Crippen LogP contribution in [0, 0.1) is 0 Å². The standard InChI is InChI=1S/C14H20N2O2S2/c1-17-9-7-16(8-10-18-2)11-19-14-15-12-5-3-4-6-13(12)20-14/h3-6H,7-11H2,1-2H3. The molecule has 1 aromatic heterocycles. The van der Waals surface area contributed by atoms with Gasteiger partial charge in [0.15, 0.2) is 4.34 Å². The maximum Gasteiger partial charge on any atom is 0.152 e. The molecule has 0 saturated carbocycles. The number of rotatable bonds is 9. The third kappa shape index (κ3) is 4.71. The molecule has 0 bridgehead atoms. The van der Waals surface area contributed by atoms with E-state index in [0.717, 1.165) is 42.0 Å². The molecule has 0 atom stereocenters. The molecule has 0 fully saturated rings. The number of thioether (sulfide) groups is 1. The lowest BCUT2D eigenvalue weighted by molar-refractivity contribution is 0.125. The van der Waals surface area contributed by atoms with Crippen LogP contribution in [-0.2, 0) is 9.47 Å². The average molecular weight is 312 g/mol. The quantitative estimate of drug-likeness (QED) is 0.525. The van der Waals surface area contributed by atoms with Crippen molar-refractivity contribution < 1.29 is 9.47 Å². The summed E-state index contributed by atoms with van der Waals surface area (Å²) in [7, 11) is 3.46. The number of benzene rings is 1. The number of methoxy groups -OCH3 is 2. The Balaban J connectivity index is 1.89. The summed E-state index contributed by atoms with van der Waals surface area (Å²) in [6.45, 7) is 3.31. The Morgan fingerprint density at radius 1 is 1.15 bits per heavy atom. The summed E-state index contributed by atoms with van der Waals surface area (Å²) in [5.74, 6) is 0.909. The molecule has 0 aliphatic carbocycles. The molecule has 6 heteroatoms. The van der Waals surface area contributed by atoms with Crippen LogP contribution in [-0.4, -0.2) is 56.3 Å². The highest BCUT2D eigenvalue weighted by atomic mass is 32.2. The Hall–Kier alpha value is -0.660. The second-order valence-electron chi connectivity index (χ2n) is 4.32.